The zero-order valence-electron chi connectivity index (χ0n) is 21.1. The van der Waals surface area contributed by atoms with Crippen LogP contribution in [0.5, 0.6) is 17.2 Å². The molecule has 1 N–H and O–H groups in total. The van der Waals surface area contributed by atoms with Gasteiger partial charge in [0, 0.05) is 35.6 Å². The number of aryl methyl sites for hydroxylation is 1. The first kappa shape index (κ1) is 24.6. The Bertz CT molecular complexity index is 1270. The monoisotopic (exact) mass is 477 g/mol. The Hall–Kier alpha value is -3.51. The minimum Gasteiger partial charge on any atom is -0.496 e. The molecule has 0 saturated carbocycles. The highest BCUT2D eigenvalue weighted by Crippen LogP contribution is 2.43. The summed E-state index contributed by atoms with van der Waals surface area (Å²) in [7, 11) is 3.23. The molecule has 3 aromatic rings. The summed E-state index contributed by atoms with van der Waals surface area (Å²) in [6.07, 6.45) is 2.21. The van der Waals surface area contributed by atoms with Crippen molar-refractivity contribution in [2.24, 2.45) is 0 Å². The lowest BCUT2D eigenvalue weighted by atomic mass is 9.85. The number of allylic oxidation sites excluding steroid dienone is 1. The smallest absolute Gasteiger partial charge is 0.188 e. The summed E-state index contributed by atoms with van der Waals surface area (Å²) in [6.45, 7) is 8.69. The van der Waals surface area contributed by atoms with Crippen molar-refractivity contribution in [3.8, 4) is 28.4 Å². The number of hydrogen-bond donors (Lipinski definition) is 1. The standard InChI is InChI=1S/C29H32FNO4/c1-18-7-8-20(30)13-27(18)34-16-24-22(10-11-25-28(24)19(2)15-29(3,4)31-25)23-14-21(35-17-32-5)9-12-26(23)33-6/h7-15,31H,16-17H2,1-6H3. The van der Waals surface area contributed by atoms with Gasteiger partial charge in [0.1, 0.15) is 29.7 Å². The summed E-state index contributed by atoms with van der Waals surface area (Å²) >= 11 is 0. The predicted octanol–water partition coefficient (Wildman–Crippen LogP) is 6.98. The van der Waals surface area contributed by atoms with E-state index in [-0.39, 0.29) is 24.8 Å². The first-order chi connectivity index (χ1) is 16.7. The van der Waals surface area contributed by atoms with Crippen LogP contribution in [0, 0.1) is 12.7 Å². The van der Waals surface area contributed by atoms with Gasteiger partial charge in [-0.1, -0.05) is 18.2 Å². The fourth-order valence-corrected chi connectivity index (χ4v) is 4.59. The lowest BCUT2D eigenvalue weighted by Crippen LogP contribution is -2.32. The lowest BCUT2D eigenvalue weighted by molar-refractivity contribution is 0.0511. The van der Waals surface area contributed by atoms with Crippen LogP contribution in [0.3, 0.4) is 0 Å². The maximum absolute atomic E-state index is 13.9. The van der Waals surface area contributed by atoms with Gasteiger partial charge in [-0.3, -0.25) is 0 Å². The van der Waals surface area contributed by atoms with E-state index in [1.807, 2.05) is 25.1 Å². The molecule has 3 aromatic carbocycles. The molecule has 35 heavy (non-hydrogen) atoms. The van der Waals surface area contributed by atoms with Gasteiger partial charge in [-0.15, -0.1) is 0 Å². The van der Waals surface area contributed by atoms with Gasteiger partial charge in [0.2, 0.25) is 0 Å². The van der Waals surface area contributed by atoms with E-state index in [4.69, 9.17) is 18.9 Å². The molecule has 0 aromatic heterocycles. The van der Waals surface area contributed by atoms with Crippen molar-refractivity contribution in [2.75, 3.05) is 26.3 Å². The second-order valence-electron chi connectivity index (χ2n) is 9.30. The van der Waals surface area contributed by atoms with Crippen molar-refractivity contribution in [1.82, 2.24) is 0 Å². The maximum atomic E-state index is 13.9. The van der Waals surface area contributed by atoms with E-state index in [1.54, 1.807) is 20.3 Å². The van der Waals surface area contributed by atoms with Crippen LogP contribution < -0.4 is 19.5 Å². The van der Waals surface area contributed by atoms with Crippen molar-refractivity contribution >= 4 is 11.3 Å². The number of anilines is 1. The van der Waals surface area contributed by atoms with E-state index in [2.05, 4.69) is 44.3 Å². The molecule has 1 aliphatic rings. The number of rotatable bonds is 8. The largest absolute Gasteiger partial charge is 0.496 e. The van der Waals surface area contributed by atoms with Crippen molar-refractivity contribution < 1.29 is 23.3 Å². The Morgan fingerprint density at radius 1 is 0.886 bits per heavy atom. The first-order valence-electron chi connectivity index (χ1n) is 11.6. The Morgan fingerprint density at radius 3 is 2.43 bits per heavy atom. The van der Waals surface area contributed by atoms with Crippen LogP contribution >= 0.6 is 0 Å². The average Bonchev–Trinajstić information content (AvgIpc) is 2.82. The number of methoxy groups -OCH3 is 2. The Kier molecular flexibility index (Phi) is 7.03. The van der Waals surface area contributed by atoms with Crippen molar-refractivity contribution in [3.05, 3.63) is 77.1 Å². The minimum atomic E-state index is -0.329. The van der Waals surface area contributed by atoms with Crippen LogP contribution in [0.15, 0.2) is 54.6 Å². The lowest BCUT2D eigenvalue weighted by Gasteiger charge is -2.33. The predicted molar refractivity (Wildman–Crippen MR) is 138 cm³/mol. The quantitative estimate of drug-likeness (QED) is 0.355. The van der Waals surface area contributed by atoms with E-state index in [0.29, 0.717) is 17.2 Å². The molecule has 0 aliphatic carbocycles. The summed E-state index contributed by atoms with van der Waals surface area (Å²) < 4.78 is 36.6. The molecule has 5 nitrogen and oxygen atoms in total. The topological polar surface area (TPSA) is 49.0 Å². The van der Waals surface area contributed by atoms with E-state index in [1.165, 1.54) is 12.1 Å². The molecular weight excluding hydrogens is 445 g/mol. The highest BCUT2D eigenvalue weighted by Gasteiger charge is 2.27. The van der Waals surface area contributed by atoms with Gasteiger partial charge in [0.15, 0.2) is 6.79 Å². The highest BCUT2D eigenvalue weighted by molar-refractivity contribution is 5.88. The molecule has 0 unspecified atom stereocenters. The summed E-state index contributed by atoms with van der Waals surface area (Å²) in [5, 5.41) is 3.61. The van der Waals surface area contributed by atoms with Gasteiger partial charge in [0.05, 0.1) is 12.6 Å². The second-order valence-corrected chi connectivity index (χ2v) is 9.30. The third kappa shape index (κ3) is 5.28. The van der Waals surface area contributed by atoms with Gasteiger partial charge in [-0.2, -0.15) is 0 Å². The maximum Gasteiger partial charge on any atom is 0.188 e. The number of halogens is 1. The average molecular weight is 478 g/mol. The number of benzene rings is 3. The van der Waals surface area contributed by atoms with Crippen LogP contribution in [0.25, 0.3) is 16.7 Å². The Labute approximate surface area is 206 Å². The molecular formula is C29H32FNO4. The van der Waals surface area contributed by atoms with Crippen LogP contribution in [-0.4, -0.2) is 26.6 Å². The summed E-state index contributed by atoms with van der Waals surface area (Å²) in [4.78, 5) is 0. The van der Waals surface area contributed by atoms with Gasteiger partial charge in [-0.25, -0.2) is 4.39 Å². The van der Waals surface area contributed by atoms with Crippen molar-refractivity contribution in [2.45, 2.75) is 39.8 Å². The zero-order valence-corrected chi connectivity index (χ0v) is 21.1. The molecule has 184 valence electrons. The summed E-state index contributed by atoms with van der Waals surface area (Å²) in [5.41, 5.74) is 6.73. The SMILES string of the molecule is COCOc1ccc(OC)c(-c2ccc3c(c2COc2cc(F)ccc2C)C(C)=CC(C)(C)N3)c1. The number of ether oxygens (including phenoxy) is 4. The molecule has 1 heterocycles. The zero-order chi connectivity index (χ0) is 25.2. The Balaban J connectivity index is 1.87. The van der Waals surface area contributed by atoms with E-state index < -0.39 is 0 Å². The summed E-state index contributed by atoms with van der Waals surface area (Å²) in [6, 6.07) is 14.4. The molecule has 0 saturated heterocycles. The van der Waals surface area contributed by atoms with E-state index >= 15 is 0 Å². The van der Waals surface area contributed by atoms with Crippen LogP contribution in [0.2, 0.25) is 0 Å². The van der Waals surface area contributed by atoms with Gasteiger partial charge < -0.3 is 24.3 Å². The highest BCUT2D eigenvalue weighted by atomic mass is 19.1. The molecule has 0 bridgehead atoms. The normalized spacial score (nSPS) is 14.0. The molecule has 4 rings (SSSR count). The molecule has 6 heteroatoms. The third-order valence-corrected chi connectivity index (χ3v) is 6.07. The second kappa shape index (κ2) is 10.0. The fourth-order valence-electron chi connectivity index (χ4n) is 4.59. The third-order valence-electron chi connectivity index (χ3n) is 6.07. The van der Waals surface area contributed by atoms with Crippen LogP contribution in [0.4, 0.5) is 10.1 Å². The minimum absolute atomic E-state index is 0.144. The van der Waals surface area contributed by atoms with Gasteiger partial charge in [-0.05, 0) is 74.7 Å². The van der Waals surface area contributed by atoms with E-state index in [9.17, 15) is 4.39 Å². The molecule has 1 aliphatic heterocycles. The van der Waals surface area contributed by atoms with Crippen molar-refractivity contribution in [1.29, 1.82) is 0 Å². The Morgan fingerprint density at radius 2 is 1.69 bits per heavy atom. The van der Waals surface area contributed by atoms with Crippen molar-refractivity contribution in [3.63, 3.8) is 0 Å². The van der Waals surface area contributed by atoms with Gasteiger partial charge in [0.25, 0.3) is 0 Å². The number of fused-ring (bicyclic) bond motifs is 1. The van der Waals surface area contributed by atoms with Crippen LogP contribution in [0.1, 0.15) is 37.5 Å². The summed E-state index contributed by atoms with van der Waals surface area (Å²) in [5.74, 6) is 1.57. The fraction of sp³-hybridized carbons (Fsp3) is 0.310. The molecule has 0 atom stereocenters. The first-order valence-corrected chi connectivity index (χ1v) is 11.6. The van der Waals surface area contributed by atoms with Crippen LogP contribution in [-0.2, 0) is 11.3 Å². The molecule has 0 amide bonds. The van der Waals surface area contributed by atoms with Gasteiger partial charge >= 0.3 is 0 Å². The number of hydrogen-bond acceptors (Lipinski definition) is 5. The van der Waals surface area contributed by atoms with E-state index in [0.717, 1.165) is 39.1 Å². The molecule has 0 radical (unpaired) electrons. The molecule has 0 fully saturated rings. The number of nitrogens with one attached hydrogen (secondary N) is 1. The molecule has 0 spiro atoms.